The molecule has 2 fully saturated rings. The first-order valence-corrected chi connectivity index (χ1v) is 7.78. The zero-order valence-electron chi connectivity index (χ0n) is 12.1. The van der Waals surface area contributed by atoms with E-state index in [0.29, 0.717) is 23.1 Å². The highest BCUT2D eigenvalue weighted by atomic mass is 35.5. The number of hydrogen-bond acceptors (Lipinski definition) is 4. The van der Waals surface area contributed by atoms with Crippen molar-refractivity contribution in [2.45, 2.75) is 63.6 Å². The van der Waals surface area contributed by atoms with Crippen LogP contribution in [0.2, 0.25) is 5.15 Å². The van der Waals surface area contributed by atoms with Gasteiger partial charge in [-0.3, -0.25) is 0 Å². The quantitative estimate of drug-likeness (QED) is 0.796. The van der Waals surface area contributed by atoms with Gasteiger partial charge in [0.05, 0.1) is 6.10 Å². The molecule has 0 amide bonds. The van der Waals surface area contributed by atoms with Crippen molar-refractivity contribution in [3.63, 3.8) is 0 Å². The monoisotopic (exact) mass is 296 g/mol. The van der Waals surface area contributed by atoms with E-state index < -0.39 is 0 Å². The van der Waals surface area contributed by atoms with E-state index in [1.807, 2.05) is 6.92 Å². The summed E-state index contributed by atoms with van der Waals surface area (Å²) in [6.07, 6.45) is 7.03. The minimum atomic E-state index is 0.172. The highest BCUT2D eigenvalue weighted by molar-refractivity contribution is 6.30. The van der Waals surface area contributed by atoms with Gasteiger partial charge in [-0.1, -0.05) is 11.6 Å². The van der Waals surface area contributed by atoms with Gasteiger partial charge in [0.1, 0.15) is 17.1 Å². The zero-order chi connectivity index (χ0) is 14.1. The fraction of sp³-hybridized carbons (Fsp3) is 0.733. The molecule has 0 aliphatic heterocycles. The lowest BCUT2D eigenvalue weighted by atomic mass is 9.95. The van der Waals surface area contributed by atoms with Crippen LogP contribution in [0, 0.1) is 6.92 Å². The van der Waals surface area contributed by atoms with Crippen LogP contribution in [0.15, 0.2) is 0 Å². The predicted octanol–water partition coefficient (Wildman–Crippen LogP) is 3.65. The maximum Gasteiger partial charge on any atom is 0.221 e. The van der Waals surface area contributed by atoms with Crippen LogP contribution >= 0.6 is 11.6 Å². The number of rotatable bonds is 4. The number of halogens is 1. The minimum Gasteiger partial charge on any atom is -0.474 e. The maximum atomic E-state index is 6.21. The van der Waals surface area contributed by atoms with Crippen molar-refractivity contribution in [2.75, 3.05) is 7.11 Å². The number of aromatic nitrogens is 2. The second-order valence-corrected chi connectivity index (χ2v) is 6.20. The van der Waals surface area contributed by atoms with E-state index in [0.717, 1.165) is 49.9 Å². The predicted molar refractivity (Wildman–Crippen MR) is 77.4 cm³/mol. The van der Waals surface area contributed by atoms with Gasteiger partial charge in [0.2, 0.25) is 5.88 Å². The summed E-state index contributed by atoms with van der Waals surface area (Å²) in [4.78, 5) is 8.95. The molecule has 4 nitrogen and oxygen atoms in total. The molecule has 0 bridgehead atoms. The Hall–Kier alpha value is -0.870. The van der Waals surface area contributed by atoms with Crippen LogP contribution in [0.1, 0.15) is 55.8 Å². The number of ether oxygens (including phenoxy) is 2. The molecule has 2 atom stereocenters. The number of methoxy groups -OCH3 is 1. The molecule has 0 spiro atoms. The van der Waals surface area contributed by atoms with E-state index in [4.69, 9.17) is 21.1 Å². The molecule has 0 aromatic carbocycles. The average molecular weight is 297 g/mol. The maximum absolute atomic E-state index is 6.21. The molecular formula is C15H21ClN2O2. The Morgan fingerprint density at radius 1 is 1.10 bits per heavy atom. The molecule has 1 heterocycles. The number of hydrogen-bond donors (Lipinski definition) is 0. The molecule has 0 radical (unpaired) electrons. The van der Waals surface area contributed by atoms with Crippen LogP contribution < -0.4 is 4.74 Å². The lowest BCUT2D eigenvalue weighted by molar-refractivity contribution is 0.0191. The van der Waals surface area contributed by atoms with Gasteiger partial charge >= 0.3 is 0 Å². The summed E-state index contributed by atoms with van der Waals surface area (Å²) in [6, 6.07) is 0. The third-order valence-electron chi connectivity index (χ3n) is 4.19. The molecule has 2 aliphatic rings. The van der Waals surface area contributed by atoms with Gasteiger partial charge in [-0.15, -0.1) is 0 Å². The molecular weight excluding hydrogens is 276 g/mol. The molecule has 2 unspecified atom stereocenters. The van der Waals surface area contributed by atoms with Crippen molar-refractivity contribution in [2.24, 2.45) is 0 Å². The average Bonchev–Trinajstić information content (AvgIpc) is 3.28. The van der Waals surface area contributed by atoms with Crippen molar-refractivity contribution in [3.05, 3.63) is 16.5 Å². The Balaban J connectivity index is 1.75. The summed E-state index contributed by atoms with van der Waals surface area (Å²) in [5, 5.41) is 0.524. The second-order valence-electron chi connectivity index (χ2n) is 5.84. The summed E-state index contributed by atoms with van der Waals surface area (Å²) in [5.74, 6) is 1.98. The Bertz CT molecular complexity index is 491. The van der Waals surface area contributed by atoms with Crippen LogP contribution in [0.5, 0.6) is 5.88 Å². The lowest BCUT2D eigenvalue weighted by Gasteiger charge is -2.28. The summed E-state index contributed by atoms with van der Waals surface area (Å²) in [7, 11) is 1.77. The van der Waals surface area contributed by atoms with E-state index in [1.165, 1.54) is 0 Å². The van der Waals surface area contributed by atoms with Gasteiger partial charge in [-0.25, -0.2) is 4.98 Å². The summed E-state index contributed by atoms with van der Waals surface area (Å²) in [5.41, 5.74) is 0.843. The standard InChI is InChI=1S/C15H21ClN2O2/c1-9-13(16)17-14(10-6-7-10)18-15(9)20-12-5-3-4-11(8-12)19-2/h10-12H,3-8H2,1-2H3. The molecule has 2 aliphatic carbocycles. The fourth-order valence-corrected chi connectivity index (χ4v) is 2.87. The first kappa shape index (κ1) is 14.1. The number of nitrogens with zero attached hydrogens (tertiary/aromatic N) is 2. The van der Waals surface area contributed by atoms with Crippen LogP contribution in [-0.2, 0) is 4.74 Å². The SMILES string of the molecule is COC1CCCC(Oc2nc(C3CC3)nc(Cl)c2C)C1. The van der Waals surface area contributed by atoms with Crippen LogP contribution in [0.3, 0.4) is 0 Å². The summed E-state index contributed by atoms with van der Waals surface area (Å²) >= 11 is 6.21. The minimum absolute atomic E-state index is 0.172. The van der Waals surface area contributed by atoms with Gasteiger partial charge in [0.15, 0.2) is 0 Å². The normalized spacial score (nSPS) is 26.6. The van der Waals surface area contributed by atoms with Crippen LogP contribution in [0.4, 0.5) is 0 Å². The van der Waals surface area contributed by atoms with Gasteiger partial charge in [0.25, 0.3) is 0 Å². The Labute approximate surface area is 124 Å². The molecule has 0 N–H and O–H groups in total. The van der Waals surface area contributed by atoms with Gasteiger partial charge in [0, 0.05) is 25.0 Å². The van der Waals surface area contributed by atoms with Crippen molar-refractivity contribution in [1.82, 2.24) is 9.97 Å². The summed E-state index contributed by atoms with van der Waals surface area (Å²) in [6.45, 7) is 1.92. The van der Waals surface area contributed by atoms with Gasteiger partial charge < -0.3 is 9.47 Å². The third kappa shape index (κ3) is 3.07. The first-order chi connectivity index (χ1) is 9.67. The van der Waals surface area contributed by atoms with E-state index >= 15 is 0 Å². The topological polar surface area (TPSA) is 44.2 Å². The summed E-state index contributed by atoms with van der Waals surface area (Å²) < 4.78 is 11.5. The first-order valence-electron chi connectivity index (χ1n) is 7.41. The molecule has 20 heavy (non-hydrogen) atoms. The molecule has 110 valence electrons. The molecule has 1 aromatic heterocycles. The molecule has 1 aromatic rings. The Morgan fingerprint density at radius 3 is 2.55 bits per heavy atom. The molecule has 3 rings (SSSR count). The van der Waals surface area contributed by atoms with Crippen LogP contribution in [0.25, 0.3) is 0 Å². The van der Waals surface area contributed by atoms with Crippen molar-refractivity contribution in [3.8, 4) is 5.88 Å². The van der Waals surface area contributed by atoms with E-state index in [2.05, 4.69) is 9.97 Å². The molecule has 2 saturated carbocycles. The van der Waals surface area contributed by atoms with E-state index in [-0.39, 0.29) is 6.10 Å². The third-order valence-corrected chi connectivity index (χ3v) is 4.56. The smallest absolute Gasteiger partial charge is 0.221 e. The molecule has 0 saturated heterocycles. The Morgan fingerprint density at radius 2 is 1.85 bits per heavy atom. The largest absolute Gasteiger partial charge is 0.474 e. The Kier molecular flexibility index (Phi) is 4.13. The van der Waals surface area contributed by atoms with Crippen LogP contribution in [-0.4, -0.2) is 29.3 Å². The van der Waals surface area contributed by atoms with E-state index in [9.17, 15) is 0 Å². The zero-order valence-corrected chi connectivity index (χ0v) is 12.8. The van der Waals surface area contributed by atoms with Crippen molar-refractivity contribution >= 4 is 11.6 Å². The fourth-order valence-electron chi connectivity index (χ4n) is 2.71. The van der Waals surface area contributed by atoms with E-state index in [1.54, 1.807) is 7.11 Å². The highest BCUT2D eigenvalue weighted by Crippen LogP contribution is 2.40. The van der Waals surface area contributed by atoms with Crippen molar-refractivity contribution in [1.29, 1.82) is 0 Å². The van der Waals surface area contributed by atoms with Gasteiger partial charge in [-0.05, 0) is 39.0 Å². The van der Waals surface area contributed by atoms with Gasteiger partial charge in [-0.2, -0.15) is 4.98 Å². The highest BCUT2D eigenvalue weighted by Gasteiger charge is 2.29. The lowest BCUT2D eigenvalue weighted by Crippen LogP contribution is -2.30. The van der Waals surface area contributed by atoms with Crippen molar-refractivity contribution < 1.29 is 9.47 Å². The second kappa shape index (κ2) is 5.86. The molecule has 5 heteroatoms.